The Morgan fingerprint density at radius 3 is 2.78 bits per heavy atom. The van der Waals surface area contributed by atoms with E-state index in [2.05, 4.69) is 21.4 Å². The fourth-order valence-electron chi connectivity index (χ4n) is 2.96. The van der Waals surface area contributed by atoms with Gasteiger partial charge in [0.1, 0.15) is 0 Å². The van der Waals surface area contributed by atoms with Gasteiger partial charge in [0.05, 0.1) is 6.42 Å². The number of aromatic nitrogens is 2. The number of H-pyrrole nitrogens is 2. The van der Waals surface area contributed by atoms with Crippen LogP contribution < -0.4 is 5.32 Å². The summed E-state index contributed by atoms with van der Waals surface area (Å²) in [6.45, 7) is 2.02. The lowest BCUT2D eigenvalue weighted by Crippen LogP contribution is -2.14. The van der Waals surface area contributed by atoms with E-state index in [0.717, 1.165) is 38.8 Å². The Bertz CT molecular complexity index is 1010. The van der Waals surface area contributed by atoms with Gasteiger partial charge in [-0.15, -0.1) is 0 Å². The SMILES string of the molecule is Cc1cc2cc(NC(=O)Cc3ccc4[nH]ccc4c3)ccc2[nH]1. The summed E-state index contributed by atoms with van der Waals surface area (Å²) in [6.07, 6.45) is 2.27. The summed E-state index contributed by atoms with van der Waals surface area (Å²) in [5.41, 5.74) is 5.11. The molecule has 2 aromatic carbocycles. The van der Waals surface area contributed by atoms with Gasteiger partial charge < -0.3 is 15.3 Å². The summed E-state index contributed by atoms with van der Waals surface area (Å²) in [5, 5.41) is 5.20. The Morgan fingerprint density at radius 2 is 1.87 bits per heavy atom. The monoisotopic (exact) mass is 303 g/mol. The van der Waals surface area contributed by atoms with Crippen molar-refractivity contribution in [3.8, 4) is 0 Å². The van der Waals surface area contributed by atoms with Gasteiger partial charge in [-0.25, -0.2) is 0 Å². The molecule has 4 heteroatoms. The second-order valence-corrected chi connectivity index (χ2v) is 5.88. The van der Waals surface area contributed by atoms with Gasteiger partial charge in [0.25, 0.3) is 0 Å². The van der Waals surface area contributed by atoms with Crippen LogP contribution in [0.15, 0.2) is 54.7 Å². The van der Waals surface area contributed by atoms with Gasteiger partial charge >= 0.3 is 0 Å². The molecule has 4 aromatic rings. The van der Waals surface area contributed by atoms with Gasteiger partial charge in [0, 0.05) is 34.0 Å². The van der Waals surface area contributed by atoms with Crippen molar-refractivity contribution >= 4 is 33.4 Å². The molecule has 0 aliphatic carbocycles. The first kappa shape index (κ1) is 13.6. The Labute approximate surface area is 133 Å². The van der Waals surface area contributed by atoms with Gasteiger partial charge in [-0.3, -0.25) is 4.79 Å². The minimum Gasteiger partial charge on any atom is -0.361 e. The first-order valence-corrected chi connectivity index (χ1v) is 7.63. The number of aryl methyl sites for hydroxylation is 1. The van der Waals surface area contributed by atoms with Crippen molar-refractivity contribution in [3.05, 3.63) is 66.0 Å². The molecule has 0 spiro atoms. The van der Waals surface area contributed by atoms with Crippen LogP contribution in [0.2, 0.25) is 0 Å². The Morgan fingerprint density at radius 1 is 1.00 bits per heavy atom. The molecular formula is C19H17N3O. The molecule has 4 rings (SSSR count). The molecule has 3 N–H and O–H groups in total. The molecule has 0 radical (unpaired) electrons. The van der Waals surface area contributed by atoms with E-state index < -0.39 is 0 Å². The second kappa shape index (κ2) is 5.32. The lowest BCUT2D eigenvalue weighted by atomic mass is 10.1. The maximum absolute atomic E-state index is 12.3. The number of nitrogens with one attached hydrogen (secondary N) is 3. The molecule has 0 aliphatic heterocycles. The highest BCUT2D eigenvalue weighted by Crippen LogP contribution is 2.20. The van der Waals surface area contributed by atoms with E-state index in [-0.39, 0.29) is 5.91 Å². The maximum atomic E-state index is 12.3. The summed E-state index contributed by atoms with van der Waals surface area (Å²) in [4.78, 5) is 18.7. The van der Waals surface area contributed by atoms with Crippen LogP contribution in [0.3, 0.4) is 0 Å². The Balaban J connectivity index is 1.51. The van der Waals surface area contributed by atoms with Gasteiger partial charge in [0.2, 0.25) is 5.91 Å². The minimum atomic E-state index is -0.00788. The van der Waals surface area contributed by atoms with Crippen LogP contribution in [0.5, 0.6) is 0 Å². The van der Waals surface area contributed by atoms with Crippen molar-refractivity contribution in [3.63, 3.8) is 0 Å². The minimum absolute atomic E-state index is 0.00788. The smallest absolute Gasteiger partial charge is 0.228 e. The number of aromatic amines is 2. The number of anilines is 1. The highest BCUT2D eigenvalue weighted by molar-refractivity contribution is 5.95. The van der Waals surface area contributed by atoms with E-state index in [0.29, 0.717) is 6.42 Å². The number of fused-ring (bicyclic) bond motifs is 2. The third-order valence-electron chi connectivity index (χ3n) is 4.02. The van der Waals surface area contributed by atoms with Gasteiger partial charge in [0.15, 0.2) is 0 Å². The second-order valence-electron chi connectivity index (χ2n) is 5.88. The molecule has 0 saturated heterocycles. The number of carbonyl (C=O) groups excluding carboxylic acids is 1. The summed E-state index contributed by atoms with van der Waals surface area (Å²) in [5.74, 6) is -0.00788. The van der Waals surface area contributed by atoms with Crippen LogP contribution in [-0.2, 0) is 11.2 Å². The molecule has 0 bridgehead atoms. The van der Waals surface area contributed by atoms with E-state index in [4.69, 9.17) is 0 Å². The molecular weight excluding hydrogens is 286 g/mol. The number of benzene rings is 2. The average molecular weight is 303 g/mol. The third kappa shape index (κ3) is 2.71. The molecule has 4 nitrogen and oxygen atoms in total. The molecule has 0 unspecified atom stereocenters. The third-order valence-corrected chi connectivity index (χ3v) is 4.02. The molecule has 0 atom stereocenters. The zero-order valence-corrected chi connectivity index (χ0v) is 12.8. The fourth-order valence-corrected chi connectivity index (χ4v) is 2.96. The topological polar surface area (TPSA) is 60.7 Å². The number of hydrogen-bond acceptors (Lipinski definition) is 1. The van der Waals surface area contributed by atoms with Crippen LogP contribution in [0, 0.1) is 6.92 Å². The first-order chi connectivity index (χ1) is 11.2. The van der Waals surface area contributed by atoms with Gasteiger partial charge in [-0.1, -0.05) is 6.07 Å². The molecule has 0 fully saturated rings. The van der Waals surface area contributed by atoms with Crippen molar-refractivity contribution in [1.29, 1.82) is 0 Å². The molecule has 23 heavy (non-hydrogen) atoms. The standard InChI is InChI=1S/C19H17N3O/c1-12-8-15-11-16(3-5-18(15)21-12)22-19(23)10-13-2-4-17-14(9-13)6-7-20-17/h2-9,11,20-21H,10H2,1H3,(H,22,23). The van der Waals surface area contributed by atoms with Gasteiger partial charge in [-0.2, -0.15) is 0 Å². The van der Waals surface area contributed by atoms with Crippen LogP contribution in [0.4, 0.5) is 5.69 Å². The summed E-state index contributed by atoms with van der Waals surface area (Å²) in [6, 6.07) is 16.0. The zero-order chi connectivity index (χ0) is 15.8. The Kier molecular flexibility index (Phi) is 3.15. The van der Waals surface area contributed by atoms with E-state index >= 15 is 0 Å². The van der Waals surface area contributed by atoms with Crippen LogP contribution in [-0.4, -0.2) is 15.9 Å². The summed E-state index contributed by atoms with van der Waals surface area (Å²) in [7, 11) is 0. The number of amides is 1. The van der Waals surface area contributed by atoms with Crippen molar-refractivity contribution < 1.29 is 4.79 Å². The Hall–Kier alpha value is -3.01. The maximum Gasteiger partial charge on any atom is 0.228 e. The number of hydrogen-bond donors (Lipinski definition) is 3. The van der Waals surface area contributed by atoms with Crippen molar-refractivity contribution in [2.24, 2.45) is 0 Å². The number of rotatable bonds is 3. The molecule has 2 heterocycles. The van der Waals surface area contributed by atoms with Gasteiger partial charge in [-0.05, 0) is 60.3 Å². The lowest BCUT2D eigenvalue weighted by molar-refractivity contribution is -0.115. The molecule has 114 valence electrons. The van der Waals surface area contributed by atoms with E-state index in [1.807, 2.05) is 55.6 Å². The van der Waals surface area contributed by atoms with Crippen molar-refractivity contribution in [2.75, 3.05) is 5.32 Å². The quantitative estimate of drug-likeness (QED) is 0.523. The highest BCUT2D eigenvalue weighted by atomic mass is 16.1. The van der Waals surface area contributed by atoms with Crippen LogP contribution >= 0.6 is 0 Å². The molecule has 1 amide bonds. The molecule has 2 aromatic heterocycles. The predicted molar refractivity (Wildman–Crippen MR) is 93.7 cm³/mol. The normalized spacial score (nSPS) is 11.2. The lowest BCUT2D eigenvalue weighted by Gasteiger charge is -2.06. The van der Waals surface area contributed by atoms with E-state index in [1.165, 1.54) is 0 Å². The fraction of sp³-hybridized carbons (Fsp3) is 0.105. The van der Waals surface area contributed by atoms with Crippen LogP contribution in [0.25, 0.3) is 21.8 Å². The van der Waals surface area contributed by atoms with Crippen molar-refractivity contribution in [1.82, 2.24) is 9.97 Å². The average Bonchev–Trinajstić information content (AvgIpc) is 3.11. The zero-order valence-electron chi connectivity index (χ0n) is 12.8. The summed E-state index contributed by atoms with van der Waals surface area (Å²) < 4.78 is 0. The molecule has 0 aliphatic rings. The first-order valence-electron chi connectivity index (χ1n) is 7.63. The highest BCUT2D eigenvalue weighted by Gasteiger charge is 2.06. The van der Waals surface area contributed by atoms with Crippen molar-refractivity contribution in [2.45, 2.75) is 13.3 Å². The van der Waals surface area contributed by atoms with E-state index in [9.17, 15) is 4.79 Å². The largest absolute Gasteiger partial charge is 0.361 e. The number of carbonyl (C=O) groups is 1. The van der Waals surface area contributed by atoms with Crippen LogP contribution in [0.1, 0.15) is 11.3 Å². The van der Waals surface area contributed by atoms with E-state index in [1.54, 1.807) is 0 Å². The summed E-state index contributed by atoms with van der Waals surface area (Å²) >= 11 is 0. The molecule has 0 saturated carbocycles. The predicted octanol–water partition coefficient (Wildman–Crippen LogP) is 4.14.